The van der Waals surface area contributed by atoms with Gasteiger partial charge in [-0.2, -0.15) is 4.39 Å². The molecule has 0 aromatic carbocycles. The van der Waals surface area contributed by atoms with Crippen molar-refractivity contribution in [3.05, 3.63) is 32.9 Å². The number of nitrogens with one attached hydrogen (secondary N) is 1. The Kier molecular flexibility index (Phi) is 3.51. The molecular formula is C8H9FN2O4. The predicted octanol–water partition coefficient (Wildman–Crippen LogP) is -1.11. The van der Waals surface area contributed by atoms with Crippen molar-refractivity contribution < 1.29 is 13.9 Å². The van der Waals surface area contributed by atoms with Gasteiger partial charge in [0.1, 0.15) is 6.61 Å². The lowest BCUT2D eigenvalue weighted by Crippen LogP contribution is -2.33. The van der Waals surface area contributed by atoms with E-state index in [1.54, 1.807) is 4.98 Å². The van der Waals surface area contributed by atoms with E-state index < -0.39 is 22.8 Å². The molecule has 1 heterocycles. The van der Waals surface area contributed by atoms with Crippen molar-refractivity contribution in [2.45, 2.75) is 6.54 Å². The highest BCUT2D eigenvalue weighted by molar-refractivity contribution is 5.79. The molecule has 0 aliphatic rings. The second-order valence-corrected chi connectivity index (χ2v) is 2.84. The monoisotopic (exact) mass is 216 g/mol. The molecule has 0 amide bonds. The second kappa shape index (κ2) is 4.65. The van der Waals surface area contributed by atoms with E-state index >= 15 is 0 Å². The Bertz CT molecular complexity index is 476. The summed E-state index contributed by atoms with van der Waals surface area (Å²) in [7, 11) is 1.33. The Hall–Kier alpha value is -1.76. The normalized spacial score (nSPS) is 10.3. The zero-order chi connectivity index (χ0) is 11.4. The standard InChI is InChI=1S/C8H9FN2O4/c1-15-4-5(12)2-11-3-6(9)7(13)10-8(11)14/h3H,2,4H2,1H3,(H,10,13,14). The van der Waals surface area contributed by atoms with E-state index in [-0.39, 0.29) is 13.2 Å². The Balaban J connectivity index is 2.96. The van der Waals surface area contributed by atoms with E-state index in [1.165, 1.54) is 7.11 Å². The molecule has 0 aliphatic heterocycles. The summed E-state index contributed by atoms with van der Waals surface area (Å²) >= 11 is 0. The van der Waals surface area contributed by atoms with Crippen LogP contribution >= 0.6 is 0 Å². The number of halogens is 1. The van der Waals surface area contributed by atoms with Crippen LogP contribution in [0.25, 0.3) is 0 Å². The first kappa shape index (κ1) is 11.3. The highest BCUT2D eigenvalue weighted by Crippen LogP contribution is 1.86. The Morgan fingerprint density at radius 1 is 1.60 bits per heavy atom. The fourth-order valence-corrected chi connectivity index (χ4v) is 0.997. The minimum Gasteiger partial charge on any atom is -0.377 e. The van der Waals surface area contributed by atoms with Crippen LogP contribution in [-0.2, 0) is 16.1 Å². The molecule has 1 aromatic heterocycles. The molecule has 1 N–H and O–H groups in total. The summed E-state index contributed by atoms with van der Waals surface area (Å²) in [6.07, 6.45) is 0.689. The fraction of sp³-hybridized carbons (Fsp3) is 0.375. The molecule has 0 atom stereocenters. The summed E-state index contributed by atoms with van der Waals surface area (Å²) in [6.45, 7) is -0.506. The van der Waals surface area contributed by atoms with Crippen LogP contribution in [0.4, 0.5) is 4.39 Å². The zero-order valence-corrected chi connectivity index (χ0v) is 7.95. The van der Waals surface area contributed by atoms with Gasteiger partial charge in [0, 0.05) is 7.11 Å². The maximum absolute atomic E-state index is 12.7. The highest BCUT2D eigenvalue weighted by atomic mass is 19.1. The van der Waals surface area contributed by atoms with Crippen molar-refractivity contribution in [3.8, 4) is 0 Å². The first-order chi connectivity index (χ1) is 7.04. The Morgan fingerprint density at radius 3 is 2.87 bits per heavy atom. The lowest BCUT2D eigenvalue weighted by atomic mass is 10.4. The average Bonchev–Trinajstić information content (AvgIpc) is 2.14. The minimum atomic E-state index is -1.11. The van der Waals surface area contributed by atoms with Crippen molar-refractivity contribution in [1.29, 1.82) is 0 Å². The number of ketones is 1. The van der Waals surface area contributed by atoms with Gasteiger partial charge in [-0.3, -0.25) is 19.1 Å². The van der Waals surface area contributed by atoms with E-state index in [0.29, 0.717) is 6.20 Å². The molecule has 0 aliphatic carbocycles. The number of H-pyrrole nitrogens is 1. The van der Waals surface area contributed by atoms with E-state index in [4.69, 9.17) is 0 Å². The fourth-order valence-electron chi connectivity index (χ4n) is 0.997. The number of nitrogens with zero attached hydrogens (tertiary/aromatic N) is 1. The largest absolute Gasteiger partial charge is 0.377 e. The van der Waals surface area contributed by atoms with E-state index in [0.717, 1.165) is 4.57 Å². The van der Waals surface area contributed by atoms with Crippen LogP contribution in [-0.4, -0.2) is 29.1 Å². The molecule has 0 spiro atoms. The molecule has 7 heteroatoms. The van der Waals surface area contributed by atoms with Crippen molar-refractivity contribution in [2.24, 2.45) is 0 Å². The SMILES string of the molecule is COCC(=O)Cn1cc(F)c(=O)[nH]c1=O. The van der Waals surface area contributed by atoms with Crippen molar-refractivity contribution in [1.82, 2.24) is 9.55 Å². The number of carbonyl (C=O) groups is 1. The molecule has 15 heavy (non-hydrogen) atoms. The topological polar surface area (TPSA) is 81.2 Å². The van der Waals surface area contributed by atoms with Crippen molar-refractivity contribution in [3.63, 3.8) is 0 Å². The number of rotatable bonds is 4. The number of Topliss-reactive ketones (excluding diaryl/α,β-unsaturated/α-hetero) is 1. The van der Waals surface area contributed by atoms with Crippen LogP contribution in [0.1, 0.15) is 0 Å². The van der Waals surface area contributed by atoms with Gasteiger partial charge < -0.3 is 4.74 Å². The minimum absolute atomic E-state index is 0.173. The van der Waals surface area contributed by atoms with Gasteiger partial charge in [-0.1, -0.05) is 0 Å². The van der Waals surface area contributed by atoms with Crippen molar-refractivity contribution in [2.75, 3.05) is 13.7 Å². The van der Waals surface area contributed by atoms with Crippen LogP contribution in [0.3, 0.4) is 0 Å². The van der Waals surface area contributed by atoms with E-state index in [9.17, 15) is 18.8 Å². The summed E-state index contributed by atoms with van der Waals surface area (Å²) in [5.41, 5.74) is -1.93. The molecular weight excluding hydrogens is 207 g/mol. The molecule has 0 saturated carbocycles. The maximum Gasteiger partial charge on any atom is 0.328 e. The van der Waals surface area contributed by atoms with Crippen LogP contribution in [0, 0.1) is 5.82 Å². The summed E-state index contributed by atoms with van der Waals surface area (Å²) in [6, 6.07) is 0. The smallest absolute Gasteiger partial charge is 0.328 e. The molecule has 1 rings (SSSR count). The van der Waals surface area contributed by atoms with E-state index in [1.807, 2.05) is 0 Å². The predicted molar refractivity (Wildman–Crippen MR) is 48.2 cm³/mol. The maximum atomic E-state index is 12.7. The Morgan fingerprint density at radius 2 is 2.27 bits per heavy atom. The van der Waals surface area contributed by atoms with Gasteiger partial charge in [-0.15, -0.1) is 0 Å². The second-order valence-electron chi connectivity index (χ2n) is 2.84. The Labute approximate surface area is 83.3 Å². The van der Waals surface area contributed by atoms with Gasteiger partial charge in [0.2, 0.25) is 5.82 Å². The number of hydrogen-bond acceptors (Lipinski definition) is 4. The molecule has 1 aromatic rings. The highest BCUT2D eigenvalue weighted by Gasteiger charge is 2.07. The number of ether oxygens (including phenoxy) is 1. The summed E-state index contributed by atoms with van der Waals surface area (Å²) in [5, 5.41) is 0. The molecule has 0 radical (unpaired) electrons. The van der Waals surface area contributed by atoms with Crippen LogP contribution in [0.5, 0.6) is 0 Å². The summed E-state index contributed by atoms with van der Waals surface area (Å²) in [5.74, 6) is -1.51. The first-order valence-electron chi connectivity index (χ1n) is 4.04. The molecule has 0 fully saturated rings. The number of aromatic amines is 1. The van der Waals surface area contributed by atoms with Crippen LogP contribution in [0.2, 0.25) is 0 Å². The zero-order valence-electron chi connectivity index (χ0n) is 7.95. The lowest BCUT2D eigenvalue weighted by Gasteiger charge is -2.02. The lowest BCUT2D eigenvalue weighted by molar-refractivity contribution is -0.123. The first-order valence-corrected chi connectivity index (χ1v) is 4.04. The van der Waals surface area contributed by atoms with Crippen LogP contribution in [0.15, 0.2) is 15.8 Å². The summed E-state index contributed by atoms with van der Waals surface area (Å²) in [4.78, 5) is 34.5. The van der Waals surface area contributed by atoms with Gasteiger partial charge in [-0.05, 0) is 0 Å². The molecule has 0 unspecified atom stereocenters. The van der Waals surface area contributed by atoms with E-state index in [2.05, 4.69) is 4.74 Å². The third-order valence-corrected chi connectivity index (χ3v) is 1.62. The average molecular weight is 216 g/mol. The van der Waals surface area contributed by atoms with Gasteiger partial charge in [0.25, 0.3) is 5.56 Å². The molecule has 6 nitrogen and oxygen atoms in total. The van der Waals surface area contributed by atoms with Gasteiger partial charge in [0.15, 0.2) is 5.78 Å². The van der Waals surface area contributed by atoms with Gasteiger partial charge in [-0.25, -0.2) is 4.79 Å². The van der Waals surface area contributed by atoms with Gasteiger partial charge in [0.05, 0.1) is 12.7 Å². The van der Waals surface area contributed by atoms with Crippen LogP contribution < -0.4 is 11.2 Å². The summed E-state index contributed by atoms with van der Waals surface area (Å²) < 4.78 is 18.1. The van der Waals surface area contributed by atoms with Crippen molar-refractivity contribution >= 4 is 5.78 Å². The quantitative estimate of drug-likeness (QED) is 0.692. The number of methoxy groups -OCH3 is 1. The third-order valence-electron chi connectivity index (χ3n) is 1.62. The molecule has 82 valence electrons. The molecule has 0 bridgehead atoms. The number of aromatic nitrogens is 2. The third kappa shape index (κ3) is 2.84. The van der Waals surface area contributed by atoms with Gasteiger partial charge >= 0.3 is 5.69 Å². The number of hydrogen-bond donors (Lipinski definition) is 1. The molecule has 0 saturated heterocycles. The number of carbonyl (C=O) groups excluding carboxylic acids is 1.